The number of nitrogens with one attached hydrogen (secondary N) is 2. The number of benzene rings is 1. The fraction of sp³-hybridized carbons (Fsp3) is 0.500. The van der Waals surface area contributed by atoms with Gasteiger partial charge in [0.1, 0.15) is 5.82 Å². The van der Waals surface area contributed by atoms with E-state index in [2.05, 4.69) is 10.6 Å². The molecule has 1 rings (SSSR count). The Morgan fingerprint density at radius 3 is 2.61 bits per heavy atom. The second-order valence-electron chi connectivity index (χ2n) is 4.42. The molecule has 0 spiro atoms. The van der Waals surface area contributed by atoms with E-state index in [1.54, 1.807) is 25.1 Å². The van der Waals surface area contributed by atoms with Crippen molar-refractivity contribution in [2.75, 3.05) is 6.54 Å². The predicted molar refractivity (Wildman–Crippen MR) is 70.7 cm³/mol. The lowest BCUT2D eigenvalue weighted by Crippen LogP contribution is -2.43. The van der Waals surface area contributed by atoms with Crippen LogP contribution in [0.25, 0.3) is 0 Å². The standard InChI is InChI=1S/C14H21FN2O/c1-4-9-16-14(18)11(3)17-10(2)12-7-5-6-8-13(12)15/h5-8,10-11,17H,4,9H2,1-3H3,(H,16,18)/t10-,11?/m1/s1. The number of halogens is 1. The lowest BCUT2D eigenvalue weighted by molar-refractivity contribution is -0.122. The summed E-state index contributed by atoms with van der Waals surface area (Å²) in [6, 6.07) is 6.06. The summed E-state index contributed by atoms with van der Waals surface area (Å²) in [5, 5.41) is 5.90. The van der Waals surface area contributed by atoms with Crippen LogP contribution in [0, 0.1) is 5.82 Å². The first-order valence-electron chi connectivity index (χ1n) is 6.34. The minimum absolute atomic E-state index is 0.0555. The summed E-state index contributed by atoms with van der Waals surface area (Å²) in [6.07, 6.45) is 0.904. The maximum atomic E-state index is 13.6. The van der Waals surface area contributed by atoms with Gasteiger partial charge in [0.05, 0.1) is 6.04 Å². The summed E-state index contributed by atoms with van der Waals surface area (Å²) >= 11 is 0. The normalized spacial score (nSPS) is 14.0. The molecule has 1 unspecified atom stereocenters. The summed E-state index contributed by atoms with van der Waals surface area (Å²) in [4.78, 5) is 11.7. The maximum Gasteiger partial charge on any atom is 0.236 e. The van der Waals surface area contributed by atoms with Crippen molar-refractivity contribution in [1.82, 2.24) is 10.6 Å². The van der Waals surface area contributed by atoms with Crippen LogP contribution < -0.4 is 10.6 Å². The van der Waals surface area contributed by atoms with Crippen molar-refractivity contribution >= 4 is 5.91 Å². The summed E-state index contributed by atoms with van der Waals surface area (Å²) in [5.74, 6) is -0.307. The van der Waals surface area contributed by atoms with Crippen LogP contribution in [0.1, 0.15) is 38.8 Å². The van der Waals surface area contributed by atoms with E-state index in [1.807, 2.05) is 13.8 Å². The van der Waals surface area contributed by atoms with Gasteiger partial charge in [0, 0.05) is 18.2 Å². The SMILES string of the molecule is CCCNC(=O)C(C)N[C@H](C)c1ccccc1F. The molecule has 1 amide bonds. The molecule has 0 radical (unpaired) electrons. The molecule has 1 aromatic rings. The van der Waals surface area contributed by atoms with E-state index in [1.165, 1.54) is 6.07 Å². The van der Waals surface area contributed by atoms with Crippen LogP contribution in [0.3, 0.4) is 0 Å². The second-order valence-corrected chi connectivity index (χ2v) is 4.42. The number of carbonyl (C=O) groups excluding carboxylic acids is 1. The molecule has 1 aromatic carbocycles. The molecule has 0 bridgehead atoms. The van der Waals surface area contributed by atoms with Gasteiger partial charge in [0.25, 0.3) is 0 Å². The third-order valence-corrected chi connectivity index (χ3v) is 2.81. The van der Waals surface area contributed by atoms with E-state index in [4.69, 9.17) is 0 Å². The summed E-state index contributed by atoms with van der Waals surface area (Å²) in [6.45, 7) is 6.30. The number of amides is 1. The Hall–Kier alpha value is -1.42. The minimum atomic E-state index is -0.342. The number of rotatable bonds is 6. The fourth-order valence-electron chi connectivity index (χ4n) is 1.77. The van der Waals surface area contributed by atoms with E-state index in [0.717, 1.165) is 6.42 Å². The summed E-state index contributed by atoms with van der Waals surface area (Å²) < 4.78 is 13.6. The summed E-state index contributed by atoms with van der Waals surface area (Å²) in [5.41, 5.74) is 0.577. The van der Waals surface area contributed by atoms with Gasteiger partial charge in [-0.1, -0.05) is 25.1 Å². The number of carbonyl (C=O) groups is 1. The molecular weight excluding hydrogens is 231 g/mol. The first-order valence-corrected chi connectivity index (χ1v) is 6.34. The zero-order valence-electron chi connectivity index (χ0n) is 11.2. The van der Waals surface area contributed by atoms with Crippen LogP contribution >= 0.6 is 0 Å². The Morgan fingerprint density at radius 2 is 2.00 bits per heavy atom. The van der Waals surface area contributed by atoms with Crippen molar-refractivity contribution in [2.24, 2.45) is 0 Å². The third-order valence-electron chi connectivity index (χ3n) is 2.81. The lowest BCUT2D eigenvalue weighted by atomic mass is 10.1. The fourth-order valence-corrected chi connectivity index (χ4v) is 1.77. The highest BCUT2D eigenvalue weighted by Gasteiger charge is 2.17. The van der Waals surface area contributed by atoms with Crippen LogP contribution in [0.5, 0.6) is 0 Å². The van der Waals surface area contributed by atoms with Crippen molar-refractivity contribution < 1.29 is 9.18 Å². The zero-order chi connectivity index (χ0) is 13.5. The molecule has 2 atom stereocenters. The molecule has 3 nitrogen and oxygen atoms in total. The van der Waals surface area contributed by atoms with E-state index < -0.39 is 0 Å². The lowest BCUT2D eigenvalue weighted by Gasteiger charge is -2.20. The predicted octanol–water partition coefficient (Wildman–Crippen LogP) is 2.39. The van der Waals surface area contributed by atoms with Gasteiger partial charge < -0.3 is 5.32 Å². The van der Waals surface area contributed by atoms with Crippen LogP contribution in [0.2, 0.25) is 0 Å². The van der Waals surface area contributed by atoms with Crippen LogP contribution in [0.4, 0.5) is 4.39 Å². The molecule has 0 heterocycles. The Morgan fingerprint density at radius 1 is 1.33 bits per heavy atom. The van der Waals surface area contributed by atoms with Gasteiger partial charge in [-0.05, 0) is 26.3 Å². The molecule has 18 heavy (non-hydrogen) atoms. The average molecular weight is 252 g/mol. The maximum absolute atomic E-state index is 13.6. The van der Waals surface area contributed by atoms with Crippen molar-refractivity contribution in [3.63, 3.8) is 0 Å². The second kappa shape index (κ2) is 7.11. The van der Waals surface area contributed by atoms with Gasteiger partial charge in [-0.15, -0.1) is 0 Å². The molecule has 0 saturated carbocycles. The van der Waals surface area contributed by atoms with Crippen molar-refractivity contribution in [3.05, 3.63) is 35.6 Å². The number of hydrogen-bond donors (Lipinski definition) is 2. The van der Waals surface area contributed by atoms with E-state index >= 15 is 0 Å². The molecule has 0 aliphatic rings. The molecular formula is C14H21FN2O. The van der Waals surface area contributed by atoms with Gasteiger partial charge in [-0.25, -0.2) is 4.39 Å². The number of hydrogen-bond acceptors (Lipinski definition) is 2. The topological polar surface area (TPSA) is 41.1 Å². The van der Waals surface area contributed by atoms with Gasteiger partial charge in [-0.2, -0.15) is 0 Å². The third kappa shape index (κ3) is 4.11. The first kappa shape index (κ1) is 14.6. The van der Waals surface area contributed by atoms with Crippen molar-refractivity contribution in [3.8, 4) is 0 Å². The van der Waals surface area contributed by atoms with E-state index in [9.17, 15) is 9.18 Å². The van der Waals surface area contributed by atoms with E-state index in [0.29, 0.717) is 12.1 Å². The molecule has 0 saturated heterocycles. The Labute approximate surface area is 108 Å². The van der Waals surface area contributed by atoms with Crippen LogP contribution in [-0.4, -0.2) is 18.5 Å². The molecule has 0 aliphatic heterocycles. The smallest absolute Gasteiger partial charge is 0.236 e. The molecule has 0 aromatic heterocycles. The largest absolute Gasteiger partial charge is 0.355 e. The van der Waals surface area contributed by atoms with Gasteiger partial charge in [-0.3, -0.25) is 10.1 Å². The molecule has 0 aliphatic carbocycles. The van der Waals surface area contributed by atoms with Gasteiger partial charge in [0.15, 0.2) is 0 Å². The zero-order valence-corrected chi connectivity index (χ0v) is 11.2. The van der Waals surface area contributed by atoms with Gasteiger partial charge >= 0.3 is 0 Å². The molecule has 2 N–H and O–H groups in total. The average Bonchev–Trinajstić information content (AvgIpc) is 2.36. The highest BCUT2D eigenvalue weighted by molar-refractivity contribution is 5.81. The highest BCUT2D eigenvalue weighted by atomic mass is 19.1. The molecule has 100 valence electrons. The van der Waals surface area contributed by atoms with Crippen molar-refractivity contribution in [2.45, 2.75) is 39.3 Å². The molecule has 4 heteroatoms. The quantitative estimate of drug-likeness (QED) is 0.816. The summed E-state index contributed by atoms with van der Waals surface area (Å²) in [7, 11) is 0. The first-order chi connectivity index (χ1) is 8.56. The van der Waals surface area contributed by atoms with Crippen LogP contribution in [-0.2, 0) is 4.79 Å². The monoisotopic (exact) mass is 252 g/mol. The van der Waals surface area contributed by atoms with E-state index in [-0.39, 0.29) is 23.8 Å². The van der Waals surface area contributed by atoms with Crippen molar-refractivity contribution in [1.29, 1.82) is 0 Å². The minimum Gasteiger partial charge on any atom is -0.355 e. The van der Waals surface area contributed by atoms with Gasteiger partial charge in [0.2, 0.25) is 5.91 Å². The highest BCUT2D eigenvalue weighted by Crippen LogP contribution is 2.16. The Balaban J connectivity index is 2.57. The van der Waals surface area contributed by atoms with Crippen LogP contribution in [0.15, 0.2) is 24.3 Å². The Bertz CT molecular complexity index is 395. The molecule has 0 fully saturated rings. The Kier molecular flexibility index (Phi) is 5.78.